The van der Waals surface area contributed by atoms with Gasteiger partial charge in [-0.05, 0) is 80.6 Å². The molecule has 5 rings (SSSR count). The second-order valence-electron chi connectivity index (χ2n) is 10.3. The molecule has 0 bridgehead atoms. The van der Waals surface area contributed by atoms with Crippen LogP contribution in [0.5, 0.6) is 0 Å². The Kier molecular flexibility index (Phi) is 10.5. The summed E-state index contributed by atoms with van der Waals surface area (Å²) >= 11 is 4.49. The summed E-state index contributed by atoms with van der Waals surface area (Å²) in [6.45, 7) is 3.72. The second kappa shape index (κ2) is 14.9. The molecule has 0 spiro atoms. The van der Waals surface area contributed by atoms with Crippen LogP contribution in [0.3, 0.4) is 0 Å². The van der Waals surface area contributed by atoms with Gasteiger partial charge in [0, 0.05) is 32.3 Å². The highest BCUT2D eigenvalue weighted by Crippen LogP contribution is 2.28. The van der Waals surface area contributed by atoms with Gasteiger partial charge in [-0.25, -0.2) is 4.39 Å². The molecule has 1 atom stereocenters. The molecule has 0 fully saturated rings. The monoisotopic (exact) mass is 697 g/mol. The van der Waals surface area contributed by atoms with Crippen LogP contribution in [0.15, 0.2) is 129 Å². The van der Waals surface area contributed by atoms with Crippen molar-refractivity contribution in [3.8, 4) is 11.3 Å². The van der Waals surface area contributed by atoms with Crippen LogP contribution in [0, 0.1) is 12.7 Å². The molecule has 1 heterocycles. The highest BCUT2D eigenvalue weighted by atomic mass is 79.9. The molecule has 4 aromatic carbocycles. The van der Waals surface area contributed by atoms with Gasteiger partial charge in [0.25, 0.3) is 11.8 Å². The predicted octanol–water partition coefficient (Wildman–Crippen LogP) is 8.69. The third-order valence-corrected chi connectivity index (χ3v) is 8.37. The predicted molar refractivity (Wildman–Crippen MR) is 184 cm³/mol. The number of thioether (sulfide) groups is 1. The van der Waals surface area contributed by atoms with Gasteiger partial charge in [-0.3, -0.25) is 14.4 Å². The molecule has 1 aromatic heterocycles. The van der Waals surface area contributed by atoms with Crippen molar-refractivity contribution in [3.05, 3.63) is 142 Å². The number of halogens is 2. The van der Waals surface area contributed by atoms with Crippen LogP contribution in [0.4, 0.5) is 15.8 Å². The van der Waals surface area contributed by atoms with Crippen molar-refractivity contribution in [1.29, 1.82) is 0 Å². The molecule has 232 valence electrons. The summed E-state index contributed by atoms with van der Waals surface area (Å²) in [6.07, 6.45) is 1.48. The van der Waals surface area contributed by atoms with Crippen LogP contribution < -0.4 is 16.0 Å². The van der Waals surface area contributed by atoms with Gasteiger partial charge in [-0.1, -0.05) is 64.0 Å². The molecular weight excluding hydrogens is 669 g/mol. The van der Waals surface area contributed by atoms with Gasteiger partial charge >= 0.3 is 0 Å². The van der Waals surface area contributed by atoms with Gasteiger partial charge in [-0.2, -0.15) is 0 Å². The molecule has 3 amide bonds. The fraction of sp³-hybridized carbons (Fsp3) is 0.0833. The van der Waals surface area contributed by atoms with E-state index in [2.05, 4.69) is 31.9 Å². The Morgan fingerprint density at radius 1 is 0.870 bits per heavy atom. The molecule has 0 aliphatic carbocycles. The summed E-state index contributed by atoms with van der Waals surface area (Å²) in [6, 6.07) is 31.3. The first-order chi connectivity index (χ1) is 22.1. The standard InChI is InChI=1S/C36H29BrFN3O4S/c1-22-8-10-24(11-9-22)33-19-15-28(45-33)21-32(41-35(43)25-6-4-3-5-7-25)36(44)39-27-13-16-29(17-14-27)46-23(2)34(42)40-31-18-12-26(37)20-30(31)38/h3-21,23H,1-2H3,(H,39,44)(H,40,42)(H,41,43). The van der Waals surface area contributed by atoms with E-state index in [-0.39, 0.29) is 17.3 Å². The number of benzene rings is 4. The number of amides is 3. The Morgan fingerprint density at radius 2 is 1.59 bits per heavy atom. The van der Waals surface area contributed by atoms with Gasteiger partial charge < -0.3 is 20.4 Å². The minimum atomic E-state index is -0.553. The maximum Gasteiger partial charge on any atom is 0.272 e. The molecule has 5 aromatic rings. The minimum absolute atomic E-state index is 0.0115. The Hall–Kier alpha value is -4.93. The zero-order chi connectivity index (χ0) is 32.6. The first-order valence-electron chi connectivity index (χ1n) is 14.2. The van der Waals surface area contributed by atoms with Gasteiger partial charge in [0.2, 0.25) is 5.91 Å². The van der Waals surface area contributed by atoms with E-state index in [9.17, 15) is 18.8 Å². The molecule has 10 heteroatoms. The Morgan fingerprint density at radius 3 is 2.28 bits per heavy atom. The molecular formula is C36H29BrFN3O4S. The number of carbonyl (C=O) groups excluding carboxylic acids is 3. The lowest BCUT2D eigenvalue weighted by Gasteiger charge is -2.14. The smallest absolute Gasteiger partial charge is 0.272 e. The van der Waals surface area contributed by atoms with Crippen molar-refractivity contribution in [1.82, 2.24) is 5.32 Å². The highest BCUT2D eigenvalue weighted by Gasteiger charge is 2.18. The van der Waals surface area contributed by atoms with Crippen molar-refractivity contribution in [2.45, 2.75) is 24.0 Å². The molecule has 0 radical (unpaired) electrons. The van der Waals surface area contributed by atoms with Crippen molar-refractivity contribution in [2.24, 2.45) is 0 Å². The van der Waals surface area contributed by atoms with Crippen molar-refractivity contribution in [2.75, 3.05) is 10.6 Å². The average Bonchev–Trinajstić information content (AvgIpc) is 3.52. The molecule has 46 heavy (non-hydrogen) atoms. The fourth-order valence-electron chi connectivity index (χ4n) is 4.29. The van der Waals surface area contributed by atoms with E-state index < -0.39 is 22.9 Å². The molecule has 0 aliphatic rings. The third-order valence-electron chi connectivity index (χ3n) is 6.76. The quantitative estimate of drug-likeness (QED) is 0.100. The van der Waals surface area contributed by atoms with E-state index in [0.717, 1.165) is 16.0 Å². The van der Waals surface area contributed by atoms with Gasteiger partial charge in [0.15, 0.2) is 0 Å². The third kappa shape index (κ3) is 8.62. The van der Waals surface area contributed by atoms with Crippen molar-refractivity contribution < 1.29 is 23.2 Å². The van der Waals surface area contributed by atoms with Crippen LogP contribution in [0.1, 0.15) is 28.6 Å². The van der Waals surface area contributed by atoms with Crippen LogP contribution in [0.25, 0.3) is 17.4 Å². The lowest BCUT2D eigenvalue weighted by atomic mass is 10.1. The highest BCUT2D eigenvalue weighted by molar-refractivity contribution is 9.10. The van der Waals surface area contributed by atoms with Crippen molar-refractivity contribution >= 4 is 62.9 Å². The SMILES string of the molecule is Cc1ccc(-c2ccc(C=C(NC(=O)c3ccccc3)C(=O)Nc3ccc(SC(C)C(=O)Nc4ccc(Br)cc4F)cc3)o2)cc1. The number of hydrogen-bond donors (Lipinski definition) is 3. The van der Waals surface area contributed by atoms with Gasteiger partial charge in [-0.15, -0.1) is 11.8 Å². The van der Waals surface area contributed by atoms with E-state index in [1.807, 2.05) is 31.2 Å². The maximum absolute atomic E-state index is 14.2. The number of aryl methyl sites for hydroxylation is 1. The number of hydrogen-bond acceptors (Lipinski definition) is 5. The summed E-state index contributed by atoms with van der Waals surface area (Å²) in [4.78, 5) is 39.9. The van der Waals surface area contributed by atoms with Gasteiger partial charge in [0.1, 0.15) is 23.0 Å². The minimum Gasteiger partial charge on any atom is -0.457 e. The largest absolute Gasteiger partial charge is 0.457 e. The maximum atomic E-state index is 14.2. The second-order valence-corrected chi connectivity index (χ2v) is 12.6. The lowest BCUT2D eigenvalue weighted by molar-refractivity contribution is -0.115. The number of carbonyl (C=O) groups is 3. The van der Waals surface area contributed by atoms with E-state index in [4.69, 9.17) is 4.42 Å². The van der Waals surface area contributed by atoms with Crippen molar-refractivity contribution in [3.63, 3.8) is 0 Å². The van der Waals surface area contributed by atoms with Crippen LogP contribution in [-0.4, -0.2) is 23.0 Å². The summed E-state index contributed by atoms with van der Waals surface area (Å²) in [5.74, 6) is -0.880. The van der Waals surface area contributed by atoms with E-state index in [1.165, 1.54) is 30.0 Å². The molecule has 0 saturated heterocycles. The molecule has 1 unspecified atom stereocenters. The first-order valence-corrected chi connectivity index (χ1v) is 15.9. The fourth-order valence-corrected chi connectivity index (χ4v) is 5.49. The Balaban J connectivity index is 1.28. The van der Waals surface area contributed by atoms with E-state index in [1.54, 1.807) is 79.7 Å². The summed E-state index contributed by atoms with van der Waals surface area (Å²) in [7, 11) is 0. The normalized spacial score (nSPS) is 11.9. The first kappa shape index (κ1) is 32.5. The molecule has 0 aliphatic heterocycles. The molecule has 0 saturated carbocycles. The van der Waals surface area contributed by atoms with Crippen LogP contribution >= 0.6 is 27.7 Å². The van der Waals surface area contributed by atoms with E-state index in [0.29, 0.717) is 27.2 Å². The number of furan rings is 1. The van der Waals surface area contributed by atoms with Gasteiger partial charge in [0.05, 0.1) is 10.9 Å². The Bertz CT molecular complexity index is 1890. The van der Waals surface area contributed by atoms with Crippen LogP contribution in [-0.2, 0) is 9.59 Å². The summed E-state index contributed by atoms with van der Waals surface area (Å²) < 4.78 is 20.7. The average molecular weight is 699 g/mol. The number of nitrogens with one attached hydrogen (secondary N) is 3. The van der Waals surface area contributed by atoms with Crippen LogP contribution in [0.2, 0.25) is 0 Å². The van der Waals surface area contributed by atoms with E-state index >= 15 is 0 Å². The number of anilines is 2. The molecule has 7 nitrogen and oxygen atoms in total. The summed E-state index contributed by atoms with van der Waals surface area (Å²) in [5.41, 5.74) is 2.96. The zero-order valence-corrected chi connectivity index (χ0v) is 27.2. The summed E-state index contributed by atoms with van der Waals surface area (Å²) in [5, 5.41) is 7.60. The Labute approximate surface area is 278 Å². The number of rotatable bonds is 10. The zero-order valence-electron chi connectivity index (χ0n) is 24.8. The lowest BCUT2D eigenvalue weighted by Crippen LogP contribution is -2.30. The molecule has 3 N–H and O–H groups in total. The topological polar surface area (TPSA) is 100 Å².